The molecule has 3 aromatic carbocycles. The third-order valence-corrected chi connectivity index (χ3v) is 5.08. The van der Waals surface area contributed by atoms with Gasteiger partial charge >= 0.3 is 0 Å². The van der Waals surface area contributed by atoms with Crippen LogP contribution in [0.1, 0.15) is 0 Å². The average molecular weight is 334 g/mol. The largest absolute Gasteiger partial charge is 0.344 e. The molecule has 0 bridgehead atoms. The molecule has 0 unspecified atom stereocenters. The number of para-hydroxylation sites is 1. The van der Waals surface area contributed by atoms with Crippen molar-refractivity contribution in [2.24, 2.45) is 7.05 Å². The monoisotopic (exact) mass is 334 g/mol. The van der Waals surface area contributed by atoms with E-state index in [2.05, 4.69) is 83.3 Å². The number of hydrogen-bond acceptors (Lipinski definition) is 1. The molecule has 26 heavy (non-hydrogen) atoms. The van der Waals surface area contributed by atoms with Crippen molar-refractivity contribution in [3.63, 3.8) is 0 Å². The number of aromatic nitrogens is 2. The fourth-order valence-electron chi connectivity index (χ4n) is 3.72. The number of benzene rings is 3. The zero-order valence-electron chi connectivity index (χ0n) is 14.6. The molecule has 0 atom stereocenters. The Bertz CT molecular complexity index is 1230. The molecule has 2 heterocycles. The summed E-state index contributed by atoms with van der Waals surface area (Å²) in [5.74, 6) is 0. The molecule has 0 aliphatic carbocycles. The maximum Gasteiger partial charge on any atom is 0.0708 e. The molecule has 0 N–H and O–H groups in total. The lowest BCUT2D eigenvalue weighted by atomic mass is 10.0. The molecular formula is C24H18N2. The number of hydrogen-bond donors (Lipinski definition) is 0. The molecule has 0 fully saturated rings. The topological polar surface area (TPSA) is 17.8 Å². The number of nitrogens with zero attached hydrogens (tertiary/aromatic N) is 2. The Hall–Kier alpha value is -3.39. The lowest BCUT2D eigenvalue weighted by Crippen LogP contribution is -1.87. The molecule has 0 aliphatic rings. The summed E-state index contributed by atoms with van der Waals surface area (Å²) in [6, 6.07) is 29.9. The molecule has 0 radical (unpaired) electrons. The Kier molecular flexibility index (Phi) is 3.36. The van der Waals surface area contributed by atoms with E-state index in [1.54, 1.807) is 0 Å². The van der Waals surface area contributed by atoms with Crippen LogP contribution in [0.5, 0.6) is 0 Å². The summed E-state index contributed by atoms with van der Waals surface area (Å²) in [7, 11) is 2.13. The van der Waals surface area contributed by atoms with Crippen molar-refractivity contribution in [1.82, 2.24) is 9.55 Å². The highest BCUT2D eigenvalue weighted by Gasteiger charge is 2.09. The molecule has 0 amide bonds. The summed E-state index contributed by atoms with van der Waals surface area (Å²) in [4.78, 5) is 4.55. The third-order valence-electron chi connectivity index (χ3n) is 5.08. The minimum atomic E-state index is 1.00. The van der Waals surface area contributed by atoms with Crippen LogP contribution in [0.15, 0.2) is 91.1 Å². The van der Waals surface area contributed by atoms with Gasteiger partial charge in [0.25, 0.3) is 0 Å². The highest BCUT2D eigenvalue weighted by molar-refractivity contribution is 6.09. The van der Waals surface area contributed by atoms with E-state index in [4.69, 9.17) is 0 Å². The van der Waals surface area contributed by atoms with Gasteiger partial charge in [0.1, 0.15) is 0 Å². The number of aryl methyl sites for hydroxylation is 1. The summed E-state index contributed by atoms with van der Waals surface area (Å²) in [6.45, 7) is 0. The van der Waals surface area contributed by atoms with Gasteiger partial charge in [-0.05, 0) is 41.5 Å². The quantitative estimate of drug-likeness (QED) is 0.383. The summed E-state index contributed by atoms with van der Waals surface area (Å²) >= 11 is 0. The van der Waals surface area contributed by atoms with E-state index in [0.717, 1.165) is 11.3 Å². The van der Waals surface area contributed by atoms with Gasteiger partial charge in [-0.1, -0.05) is 54.6 Å². The summed E-state index contributed by atoms with van der Waals surface area (Å²) < 4.78 is 2.26. The van der Waals surface area contributed by atoms with Gasteiger partial charge in [-0.25, -0.2) is 0 Å². The van der Waals surface area contributed by atoms with Gasteiger partial charge in [0.05, 0.1) is 5.69 Å². The van der Waals surface area contributed by atoms with Crippen LogP contribution in [-0.2, 0) is 7.05 Å². The Morgan fingerprint density at radius 3 is 2.23 bits per heavy atom. The van der Waals surface area contributed by atoms with Crippen molar-refractivity contribution in [2.75, 3.05) is 0 Å². The summed E-state index contributed by atoms with van der Waals surface area (Å²) in [5, 5.41) is 2.59. The second-order valence-electron chi connectivity index (χ2n) is 6.60. The molecule has 124 valence electrons. The van der Waals surface area contributed by atoms with Crippen molar-refractivity contribution in [3.05, 3.63) is 91.1 Å². The van der Waals surface area contributed by atoms with E-state index in [9.17, 15) is 0 Å². The molecule has 5 rings (SSSR count). The maximum atomic E-state index is 4.55. The molecule has 2 aromatic heterocycles. The summed E-state index contributed by atoms with van der Waals surface area (Å²) in [6.07, 6.45) is 1.89. The number of rotatable bonds is 2. The predicted molar refractivity (Wildman–Crippen MR) is 109 cm³/mol. The standard InChI is InChI=1S/C24H18N2/c1-26-23-10-6-5-9-20(23)21-15-18(11-12-24(21)26)19-13-14-25-22(16-19)17-7-3-2-4-8-17/h2-16H,1H3. The van der Waals surface area contributed by atoms with E-state index < -0.39 is 0 Å². The average Bonchev–Trinajstić information content (AvgIpc) is 3.01. The van der Waals surface area contributed by atoms with Crippen molar-refractivity contribution >= 4 is 21.8 Å². The Labute approximate surface area is 152 Å². The zero-order valence-corrected chi connectivity index (χ0v) is 14.6. The van der Waals surface area contributed by atoms with Crippen molar-refractivity contribution in [1.29, 1.82) is 0 Å². The Morgan fingerprint density at radius 2 is 1.35 bits per heavy atom. The normalized spacial score (nSPS) is 11.3. The number of pyridine rings is 1. The van der Waals surface area contributed by atoms with Crippen LogP contribution in [0.2, 0.25) is 0 Å². The first kappa shape index (κ1) is 14.9. The lowest BCUT2D eigenvalue weighted by Gasteiger charge is -2.06. The Balaban J connectivity index is 1.69. The molecule has 0 aliphatic heterocycles. The van der Waals surface area contributed by atoms with E-state index in [1.807, 2.05) is 24.4 Å². The van der Waals surface area contributed by atoms with Gasteiger partial charge in [0, 0.05) is 40.6 Å². The van der Waals surface area contributed by atoms with Crippen LogP contribution < -0.4 is 0 Å². The van der Waals surface area contributed by atoms with Crippen molar-refractivity contribution in [2.45, 2.75) is 0 Å². The van der Waals surface area contributed by atoms with Crippen LogP contribution >= 0.6 is 0 Å². The van der Waals surface area contributed by atoms with Gasteiger partial charge in [-0.15, -0.1) is 0 Å². The maximum absolute atomic E-state index is 4.55. The molecular weight excluding hydrogens is 316 g/mol. The minimum Gasteiger partial charge on any atom is -0.344 e. The zero-order chi connectivity index (χ0) is 17.5. The highest BCUT2D eigenvalue weighted by atomic mass is 14.9. The van der Waals surface area contributed by atoms with Gasteiger partial charge in [-0.2, -0.15) is 0 Å². The van der Waals surface area contributed by atoms with E-state index in [0.29, 0.717) is 0 Å². The number of fused-ring (bicyclic) bond motifs is 3. The van der Waals surface area contributed by atoms with Crippen molar-refractivity contribution < 1.29 is 0 Å². The Morgan fingerprint density at radius 1 is 0.615 bits per heavy atom. The molecule has 0 saturated carbocycles. The van der Waals surface area contributed by atoms with Crippen LogP contribution in [0.3, 0.4) is 0 Å². The molecule has 2 nitrogen and oxygen atoms in total. The first-order valence-electron chi connectivity index (χ1n) is 8.80. The molecule has 5 aromatic rings. The van der Waals surface area contributed by atoms with Gasteiger partial charge in [0.15, 0.2) is 0 Å². The van der Waals surface area contributed by atoms with Crippen molar-refractivity contribution in [3.8, 4) is 22.4 Å². The predicted octanol–water partition coefficient (Wildman–Crippen LogP) is 6.06. The smallest absolute Gasteiger partial charge is 0.0708 e. The van der Waals surface area contributed by atoms with E-state index in [-0.39, 0.29) is 0 Å². The second-order valence-corrected chi connectivity index (χ2v) is 6.60. The minimum absolute atomic E-state index is 1.00. The van der Waals surface area contributed by atoms with Crippen LogP contribution in [-0.4, -0.2) is 9.55 Å². The summed E-state index contributed by atoms with van der Waals surface area (Å²) in [5.41, 5.74) is 7.07. The molecule has 0 spiro atoms. The van der Waals surface area contributed by atoms with Gasteiger partial charge in [0.2, 0.25) is 0 Å². The third kappa shape index (κ3) is 2.31. The van der Waals surface area contributed by atoms with Crippen LogP contribution in [0.25, 0.3) is 44.2 Å². The van der Waals surface area contributed by atoms with Gasteiger partial charge in [-0.3, -0.25) is 4.98 Å². The second kappa shape index (κ2) is 5.85. The SMILES string of the molecule is Cn1c2ccccc2c2cc(-c3ccnc(-c4ccccc4)c3)ccc21. The van der Waals surface area contributed by atoms with E-state index in [1.165, 1.54) is 32.9 Å². The van der Waals surface area contributed by atoms with E-state index >= 15 is 0 Å². The first-order chi connectivity index (χ1) is 12.8. The first-order valence-corrected chi connectivity index (χ1v) is 8.80. The fraction of sp³-hybridized carbons (Fsp3) is 0.0417. The van der Waals surface area contributed by atoms with Crippen LogP contribution in [0.4, 0.5) is 0 Å². The fourth-order valence-corrected chi connectivity index (χ4v) is 3.72. The molecule has 0 saturated heterocycles. The molecule has 2 heteroatoms. The van der Waals surface area contributed by atoms with Gasteiger partial charge < -0.3 is 4.57 Å². The highest BCUT2D eigenvalue weighted by Crippen LogP contribution is 2.32. The van der Waals surface area contributed by atoms with Crippen LogP contribution in [0, 0.1) is 0 Å². The lowest BCUT2D eigenvalue weighted by molar-refractivity contribution is 1.01.